The van der Waals surface area contributed by atoms with Crippen LogP contribution < -0.4 is 0 Å². The summed E-state index contributed by atoms with van der Waals surface area (Å²) in [6.07, 6.45) is 5.57. The van der Waals surface area contributed by atoms with Crippen LogP contribution in [0.1, 0.15) is 28.4 Å². The highest BCUT2D eigenvalue weighted by Gasteiger charge is 2.07. The van der Waals surface area contributed by atoms with Crippen LogP contribution >= 0.6 is 0 Å². The second kappa shape index (κ2) is 7.05. The Kier molecular flexibility index (Phi) is 4.67. The Hall–Kier alpha value is -2.68. The number of ether oxygens (including phenoxy) is 1. The number of esters is 1. The second-order valence-electron chi connectivity index (χ2n) is 5.44. The molecule has 1 heterocycles. The average Bonchev–Trinajstić information content (AvgIpc) is 2.60. The highest BCUT2D eigenvalue weighted by Crippen LogP contribution is 2.19. The predicted molar refractivity (Wildman–Crippen MR) is 91.5 cm³/mol. The molecule has 0 spiro atoms. The summed E-state index contributed by atoms with van der Waals surface area (Å²) in [4.78, 5) is 16.1. The molecule has 0 radical (unpaired) electrons. The van der Waals surface area contributed by atoms with E-state index in [4.69, 9.17) is 4.74 Å². The van der Waals surface area contributed by atoms with E-state index < -0.39 is 0 Å². The number of aromatic nitrogens is 1. The molecule has 23 heavy (non-hydrogen) atoms. The van der Waals surface area contributed by atoms with Crippen molar-refractivity contribution < 1.29 is 9.53 Å². The summed E-state index contributed by atoms with van der Waals surface area (Å²) in [5.41, 5.74) is 2.97. The minimum Gasteiger partial charge on any atom is -0.462 e. The summed E-state index contributed by atoms with van der Waals surface area (Å²) in [6.45, 7) is 2.21. The number of benzene rings is 2. The Morgan fingerprint density at radius 1 is 1.04 bits per heavy atom. The highest BCUT2D eigenvalue weighted by molar-refractivity contribution is 5.89. The molecule has 0 fully saturated rings. The Morgan fingerprint density at radius 2 is 1.91 bits per heavy atom. The van der Waals surface area contributed by atoms with Crippen LogP contribution in [0.3, 0.4) is 0 Å². The maximum absolute atomic E-state index is 11.8. The van der Waals surface area contributed by atoms with Gasteiger partial charge in [0.05, 0.1) is 12.2 Å². The van der Waals surface area contributed by atoms with Gasteiger partial charge < -0.3 is 4.74 Å². The van der Waals surface area contributed by atoms with Crippen LogP contribution in [0.25, 0.3) is 10.8 Å². The third-order valence-electron chi connectivity index (χ3n) is 3.87. The smallest absolute Gasteiger partial charge is 0.338 e. The fourth-order valence-corrected chi connectivity index (χ4v) is 2.73. The second-order valence-corrected chi connectivity index (χ2v) is 5.44. The molecule has 3 rings (SSSR count). The first-order valence-electron chi connectivity index (χ1n) is 7.85. The van der Waals surface area contributed by atoms with Crippen LogP contribution in [0.4, 0.5) is 0 Å². The van der Waals surface area contributed by atoms with Crippen LogP contribution in [0.5, 0.6) is 0 Å². The monoisotopic (exact) mass is 305 g/mol. The summed E-state index contributed by atoms with van der Waals surface area (Å²) >= 11 is 0. The van der Waals surface area contributed by atoms with Crippen LogP contribution in [0.2, 0.25) is 0 Å². The molecule has 3 aromatic rings. The first-order valence-corrected chi connectivity index (χ1v) is 7.85. The maximum atomic E-state index is 11.8. The summed E-state index contributed by atoms with van der Waals surface area (Å²) in [5.74, 6) is -0.263. The molecular formula is C20H19NO2. The number of hydrogen-bond donors (Lipinski definition) is 0. The number of fused-ring (bicyclic) bond motifs is 1. The number of nitrogens with zero attached hydrogens (tertiary/aromatic N) is 1. The lowest BCUT2D eigenvalue weighted by molar-refractivity contribution is 0.0526. The van der Waals surface area contributed by atoms with E-state index in [0.29, 0.717) is 12.2 Å². The van der Waals surface area contributed by atoms with Crippen molar-refractivity contribution >= 4 is 16.7 Å². The largest absolute Gasteiger partial charge is 0.462 e. The van der Waals surface area contributed by atoms with Crippen molar-refractivity contribution in [3.05, 3.63) is 77.6 Å². The van der Waals surface area contributed by atoms with Crippen molar-refractivity contribution in [3.8, 4) is 0 Å². The molecule has 116 valence electrons. The number of carbonyl (C=O) groups is 1. The molecule has 0 saturated carbocycles. The first-order chi connectivity index (χ1) is 11.3. The molecule has 0 aliphatic heterocycles. The molecule has 0 bridgehead atoms. The van der Waals surface area contributed by atoms with Gasteiger partial charge in [-0.2, -0.15) is 0 Å². The van der Waals surface area contributed by atoms with Crippen molar-refractivity contribution in [2.24, 2.45) is 0 Å². The van der Waals surface area contributed by atoms with Gasteiger partial charge in [-0.3, -0.25) is 4.98 Å². The van der Waals surface area contributed by atoms with E-state index in [1.165, 1.54) is 10.9 Å². The Balaban J connectivity index is 1.77. The molecule has 2 aromatic carbocycles. The lowest BCUT2D eigenvalue weighted by Crippen LogP contribution is -2.05. The van der Waals surface area contributed by atoms with E-state index in [1.54, 1.807) is 6.07 Å². The van der Waals surface area contributed by atoms with Gasteiger partial charge in [0.2, 0.25) is 0 Å². The van der Waals surface area contributed by atoms with Gasteiger partial charge in [-0.05, 0) is 48.4 Å². The van der Waals surface area contributed by atoms with E-state index >= 15 is 0 Å². The molecule has 1 aromatic heterocycles. The summed E-state index contributed by atoms with van der Waals surface area (Å²) in [6, 6.07) is 15.9. The van der Waals surface area contributed by atoms with Crippen molar-refractivity contribution in [1.82, 2.24) is 4.98 Å². The van der Waals surface area contributed by atoms with E-state index in [1.807, 2.05) is 49.6 Å². The summed E-state index contributed by atoms with van der Waals surface area (Å²) in [5, 5.41) is 2.40. The van der Waals surface area contributed by atoms with Crippen molar-refractivity contribution in [3.63, 3.8) is 0 Å². The van der Waals surface area contributed by atoms with Crippen molar-refractivity contribution in [2.75, 3.05) is 6.61 Å². The molecule has 0 atom stereocenters. The fourth-order valence-electron chi connectivity index (χ4n) is 2.73. The predicted octanol–water partition coefficient (Wildman–Crippen LogP) is 4.20. The minimum absolute atomic E-state index is 0.263. The minimum atomic E-state index is -0.263. The molecule has 3 nitrogen and oxygen atoms in total. The number of aryl methyl sites for hydroxylation is 2. The molecule has 0 aliphatic carbocycles. The zero-order chi connectivity index (χ0) is 16.1. The molecule has 0 N–H and O–H groups in total. The number of rotatable bonds is 5. The summed E-state index contributed by atoms with van der Waals surface area (Å²) < 4.78 is 5.05. The lowest BCUT2D eigenvalue weighted by atomic mass is 10.00. The van der Waals surface area contributed by atoms with Gasteiger partial charge in [0.15, 0.2) is 0 Å². The quantitative estimate of drug-likeness (QED) is 0.663. The standard InChI is InChI=1S/C20H19NO2/c1-2-23-20(22)16-8-5-6-15(12-16)10-11-18-14-21-13-17-7-3-4-9-19(17)18/h3-9,12-14H,2,10-11H2,1H3. The normalized spacial score (nSPS) is 10.7. The van der Waals surface area contributed by atoms with Crippen LogP contribution in [0, 0.1) is 0 Å². The Morgan fingerprint density at radius 3 is 2.78 bits per heavy atom. The van der Waals surface area contributed by atoms with Crippen molar-refractivity contribution in [2.45, 2.75) is 19.8 Å². The zero-order valence-electron chi connectivity index (χ0n) is 13.2. The number of pyridine rings is 1. The van der Waals surface area contributed by atoms with Crippen LogP contribution in [-0.4, -0.2) is 17.6 Å². The van der Waals surface area contributed by atoms with Gasteiger partial charge in [-0.25, -0.2) is 4.79 Å². The van der Waals surface area contributed by atoms with E-state index in [9.17, 15) is 4.79 Å². The maximum Gasteiger partial charge on any atom is 0.338 e. The average molecular weight is 305 g/mol. The fraction of sp³-hybridized carbons (Fsp3) is 0.200. The van der Waals surface area contributed by atoms with Gasteiger partial charge in [0.1, 0.15) is 0 Å². The summed E-state index contributed by atoms with van der Waals surface area (Å²) in [7, 11) is 0. The van der Waals surface area contributed by atoms with Gasteiger partial charge in [-0.1, -0.05) is 36.4 Å². The van der Waals surface area contributed by atoms with Gasteiger partial charge >= 0.3 is 5.97 Å². The molecule has 3 heteroatoms. The molecular weight excluding hydrogens is 286 g/mol. The highest BCUT2D eigenvalue weighted by atomic mass is 16.5. The third-order valence-corrected chi connectivity index (χ3v) is 3.87. The zero-order valence-corrected chi connectivity index (χ0v) is 13.2. The lowest BCUT2D eigenvalue weighted by Gasteiger charge is -2.07. The number of carbonyl (C=O) groups excluding carboxylic acids is 1. The molecule has 0 unspecified atom stereocenters. The van der Waals surface area contributed by atoms with Crippen molar-refractivity contribution in [1.29, 1.82) is 0 Å². The first kappa shape index (κ1) is 15.2. The Bertz CT molecular complexity index is 821. The van der Waals surface area contributed by atoms with Gasteiger partial charge in [0.25, 0.3) is 0 Å². The molecule has 0 amide bonds. The van der Waals surface area contributed by atoms with Crippen LogP contribution in [-0.2, 0) is 17.6 Å². The van der Waals surface area contributed by atoms with Gasteiger partial charge in [-0.15, -0.1) is 0 Å². The third kappa shape index (κ3) is 3.57. The molecule has 0 aliphatic rings. The van der Waals surface area contributed by atoms with E-state index in [0.717, 1.165) is 23.8 Å². The topological polar surface area (TPSA) is 39.2 Å². The molecule has 0 saturated heterocycles. The van der Waals surface area contributed by atoms with E-state index in [-0.39, 0.29) is 5.97 Å². The Labute approximate surface area is 135 Å². The van der Waals surface area contributed by atoms with Gasteiger partial charge in [0, 0.05) is 17.8 Å². The SMILES string of the molecule is CCOC(=O)c1cccc(CCc2cncc3ccccc23)c1. The van der Waals surface area contributed by atoms with Crippen LogP contribution in [0.15, 0.2) is 60.9 Å². The van der Waals surface area contributed by atoms with E-state index in [2.05, 4.69) is 17.1 Å². The number of hydrogen-bond acceptors (Lipinski definition) is 3.